The molecule has 0 fully saturated rings. The van der Waals surface area contributed by atoms with Crippen molar-refractivity contribution in [2.24, 2.45) is 0 Å². The number of anilines is 1. The Hall–Kier alpha value is -1.70. The largest absolute Gasteiger partial charge is 0.510 e. The molecule has 276 valence electrons. The van der Waals surface area contributed by atoms with Crippen LogP contribution in [0.5, 0.6) is 0 Å². The van der Waals surface area contributed by atoms with Crippen molar-refractivity contribution in [2.45, 2.75) is 136 Å². The van der Waals surface area contributed by atoms with E-state index >= 15 is 0 Å². The highest BCUT2D eigenvalue weighted by molar-refractivity contribution is 8.28. The zero-order chi connectivity index (χ0) is 34.9. The molecule has 48 heavy (non-hydrogen) atoms. The number of hydrogen-bond donors (Lipinski definition) is 1. The van der Waals surface area contributed by atoms with Gasteiger partial charge in [-0.3, -0.25) is 9.09 Å². The summed E-state index contributed by atoms with van der Waals surface area (Å²) in [5.74, 6) is 1.81. The van der Waals surface area contributed by atoms with Crippen LogP contribution in [-0.2, 0) is 55.0 Å². The maximum Gasteiger partial charge on any atom is 0.510 e. The number of ether oxygens (including phenoxy) is 3. The molecule has 0 saturated heterocycles. The fourth-order valence-corrected chi connectivity index (χ4v) is 7.94. The second-order valence-electron chi connectivity index (χ2n) is 12.2. The molecule has 0 aliphatic rings. The highest BCUT2D eigenvalue weighted by Crippen LogP contribution is 2.48. The molecular weight excluding hydrogens is 673 g/mol. The van der Waals surface area contributed by atoms with E-state index in [0.717, 1.165) is 25.0 Å². The average molecular weight is 734 g/mol. The summed E-state index contributed by atoms with van der Waals surface area (Å²) in [5, 5.41) is 0. The van der Waals surface area contributed by atoms with Crippen molar-refractivity contribution in [3.05, 3.63) is 12.7 Å². The Morgan fingerprint density at radius 1 is 0.854 bits per heavy atom. The quantitative estimate of drug-likeness (QED) is 0.0355. The number of nitrogens with two attached hydrogens (primary N) is 1. The number of rotatable bonds is 30. The molecule has 1 unspecified atom stereocenters. The van der Waals surface area contributed by atoms with Gasteiger partial charge in [0.05, 0.1) is 32.2 Å². The zero-order valence-electron chi connectivity index (χ0n) is 29.5. The molecule has 15 heteroatoms. The molecule has 2 heterocycles. The van der Waals surface area contributed by atoms with Gasteiger partial charge in [0.1, 0.15) is 18.2 Å². The normalized spacial score (nSPS) is 14.1. The van der Waals surface area contributed by atoms with Crippen molar-refractivity contribution in [3.8, 4) is 0 Å². The van der Waals surface area contributed by atoms with Gasteiger partial charge in [0.25, 0.3) is 0 Å². The standard InChI is InChI=1S/C33H60N5O7PS2/c1-4-6-8-9-10-11-12-13-14-15-16-17-18-19-22-48(47)23-21-44-46(40,45-27-42-33(39)41-20-7-5-2)28-43-29(3)24-38-26-37-30-31(34)35-25-36-32(30)38/h25-26,29H,4-24,27-28H2,1-3H3,(H2,34,35,36)/t29-,46+,48?/m1/s1. The molecule has 0 aliphatic heterocycles. The van der Waals surface area contributed by atoms with E-state index in [0.29, 0.717) is 23.5 Å². The molecule has 3 atom stereocenters. The van der Waals surface area contributed by atoms with E-state index in [4.69, 9.17) is 40.2 Å². The number of fused-ring (bicyclic) bond motifs is 1. The van der Waals surface area contributed by atoms with Crippen LogP contribution in [0.25, 0.3) is 11.2 Å². The van der Waals surface area contributed by atoms with E-state index < -0.39 is 26.6 Å². The van der Waals surface area contributed by atoms with E-state index in [1.54, 1.807) is 10.9 Å². The maximum absolute atomic E-state index is 13.6. The van der Waals surface area contributed by atoms with Crippen molar-refractivity contribution in [3.63, 3.8) is 0 Å². The smallest absolute Gasteiger partial charge is 0.434 e. The number of carbonyl (C=O) groups excluding carboxylic acids is 1. The number of nitrogen functional groups attached to an aromatic ring is 1. The molecule has 0 spiro atoms. The highest BCUT2D eigenvalue weighted by atomic mass is 32.8. The number of aromatic nitrogens is 4. The van der Waals surface area contributed by atoms with Gasteiger partial charge in [0, 0.05) is 5.75 Å². The number of hydrogen-bond acceptors (Lipinski definition) is 12. The van der Waals surface area contributed by atoms with E-state index in [1.807, 2.05) is 13.8 Å². The molecule has 2 aromatic heterocycles. The third-order valence-corrected chi connectivity index (χ3v) is 11.8. The first kappa shape index (κ1) is 42.5. The van der Waals surface area contributed by atoms with Crippen LogP contribution in [0.2, 0.25) is 0 Å². The van der Waals surface area contributed by atoms with Crippen LogP contribution in [0.1, 0.15) is 124 Å². The topological polar surface area (TPSA) is 150 Å². The van der Waals surface area contributed by atoms with Gasteiger partial charge < -0.3 is 29.0 Å². The lowest BCUT2D eigenvalue weighted by Gasteiger charge is -2.21. The molecule has 0 bridgehead atoms. The Labute approximate surface area is 295 Å². The minimum atomic E-state index is -3.79. The fourth-order valence-electron chi connectivity index (χ4n) is 5.02. The molecule has 0 saturated carbocycles. The second kappa shape index (κ2) is 26.2. The van der Waals surface area contributed by atoms with Crippen molar-refractivity contribution < 1.29 is 32.6 Å². The maximum atomic E-state index is 13.6. The molecule has 2 N–H and O–H groups in total. The van der Waals surface area contributed by atoms with Gasteiger partial charge in [-0.05, 0) is 25.5 Å². The lowest BCUT2D eigenvalue weighted by atomic mass is 10.0. The van der Waals surface area contributed by atoms with Crippen LogP contribution >= 0.6 is 7.60 Å². The van der Waals surface area contributed by atoms with Gasteiger partial charge in [-0.2, -0.15) is 0 Å². The molecule has 0 radical (unpaired) electrons. The Balaban J connectivity index is 1.69. The number of carbonyl (C=O) groups is 1. The Morgan fingerprint density at radius 2 is 1.48 bits per heavy atom. The van der Waals surface area contributed by atoms with Crippen LogP contribution in [0.15, 0.2) is 12.7 Å². The van der Waals surface area contributed by atoms with Crippen LogP contribution < -0.4 is 5.73 Å². The van der Waals surface area contributed by atoms with Gasteiger partial charge in [0.2, 0.25) is 6.79 Å². The third kappa shape index (κ3) is 18.9. The van der Waals surface area contributed by atoms with Crippen LogP contribution in [0.3, 0.4) is 0 Å². The van der Waals surface area contributed by atoms with Crippen LogP contribution in [-0.4, -0.2) is 69.6 Å². The minimum absolute atomic E-state index is 0.156. The van der Waals surface area contributed by atoms with Crippen molar-refractivity contribution in [1.29, 1.82) is 0 Å². The summed E-state index contributed by atoms with van der Waals surface area (Å²) in [7, 11) is -4.08. The summed E-state index contributed by atoms with van der Waals surface area (Å²) in [6.07, 6.45) is 21.4. The highest BCUT2D eigenvalue weighted by Gasteiger charge is 2.28. The number of unbranched alkanes of at least 4 members (excludes halogenated alkanes) is 14. The summed E-state index contributed by atoms with van der Waals surface area (Å²) >= 11 is 5.68. The third-order valence-electron chi connectivity index (χ3n) is 7.87. The number of nitrogens with zero attached hydrogens (tertiary/aromatic N) is 4. The average Bonchev–Trinajstić information content (AvgIpc) is 3.48. The van der Waals surface area contributed by atoms with Crippen molar-refractivity contribution in [2.75, 3.05) is 43.6 Å². The van der Waals surface area contributed by atoms with Gasteiger partial charge in [-0.25, -0.2) is 19.7 Å². The summed E-state index contributed by atoms with van der Waals surface area (Å²) < 4.78 is 42.4. The van der Waals surface area contributed by atoms with Crippen molar-refractivity contribution in [1.82, 2.24) is 19.5 Å². The van der Waals surface area contributed by atoms with E-state index in [-0.39, 0.29) is 34.8 Å². The predicted octanol–water partition coefficient (Wildman–Crippen LogP) is 8.47. The predicted molar refractivity (Wildman–Crippen MR) is 197 cm³/mol. The molecule has 0 amide bonds. The molecule has 2 rings (SSSR count). The van der Waals surface area contributed by atoms with Gasteiger partial charge in [-0.15, -0.1) is 9.45 Å². The summed E-state index contributed by atoms with van der Waals surface area (Å²) in [6, 6.07) is 0. The Kier molecular flexibility index (Phi) is 23.1. The zero-order valence-corrected chi connectivity index (χ0v) is 32.0. The Bertz CT molecular complexity index is 1220. The lowest BCUT2D eigenvalue weighted by molar-refractivity contribution is -0.00794. The first-order chi connectivity index (χ1) is 23.3. The molecule has 2 aromatic rings. The second-order valence-corrected chi connectivity index (χ2v) is 17.3. The minimum Gasteiger partial charge on any atom is -0.434 e. The summed E-state index contributed by atoms with van der Waals surface area (Å²) in [6.45, 7) is 6.25. The van der Waals surface area contributed by atoms with Crippen LogP contribution in [0, 0.1) is 0 Å². The fraction of sp³-hybridized carbons (Fsp3) is 0.818. The molecule has 12 nitrogen and oxygen atoms in total. The summed E-state index contributed by atoms with van der Waals surface area (Å²) in [5.41, 5.74) is 6.95. The first-order valence-electron chi connectivity index (χ1n) is 17.8. The monoisotopic (exact) mass is 733 g/mol. The lowest BCUT2D eigenvalue weighted by Crippen LogP contribution is -2.19. The molecule has 0 aliphatic carbocycles. The van der Waals surface area contributed by atoms with Gasteiger partial charge >= 0.3 is 13.8 Å². The summed E-state index contributed by atoms with van der Waals surface area (Å²) in [4.78, 5) is 24.3. The molecule has 0 aromatic carbocycles. The SMILES string of the molecule is CCCCCCCCCCCCCCCCS(=S)CCO[P@@](=O)(CO[C@H](C)Cn1cnc2c(N)ncnc21)OCOC(=O)OCCCC. The first-order valence-corrected chi connectivity index (χ1v) is 22.0. The number of imidazole rings is 1. The van der Waals surface area contributed by atoms with E-state index in [9.17, 15) is 9.36 Å². The van der Waals surface area contributed by atoms with E-state index in [2.05, 4.69) is 21.9 Å². The van der Waals surface area contributed by atoms with Crippen LogP contribution in [0.4, 0.5) is 10.6 Å². The molecular formula is C33H60N5O7PS2. The van der Waals surface area contributed by atoms with Gasteiger partial charge in [0.15, 0.2) is 11.5 Å². The van der Waals surface area contributed by atoms with E-state index in [1.165, 1.54) is 89.8 Å². The van der Waals surface area contributed by atoms with Crippen molar-refractivity contribution >= 4 is 51.4 Å². The van der Waals surface area contributed by atoms with Gasteiger partial charge in [-0.1, -0.05) is 115 Å². The Morgan fingerprint density at radius 3 is 2.12 bits per heavy atom.